The van der Waals surface area contributed by atoms with Crippen LogP contribution in [0.3, 0.4) is 0 Å². The van der Waals surface area contributed by atoms with Crippen molar-refractivity contribution in [3.63, 3.8) is 0 Å². The van der Waals surface area contributed by atoms with Gasteiger partial charge in [-0.2, -0.15) is 0 Å². The highest BCUT2D eigenvalue weighted by molar-refractivity contribution is 7.92. The smallest absolute Gasteiger partial charge is 0.324 e. The lowest BCUT2D eigenvalue weighted by Gasteiger charge is -2.24. The molecule has 2 rings (SSSR count). The van der Waals surface area contributed by atoms with E-state index in [4.69, 9.17) is 23.3 Å². The third kappa shape index (κ3) is 3.50. The van der Waals surface area contributed by atoms with Crippen molar-refractivity contribution in [2.75, 3.05) is 10.8 Å². The molecule has 0 saturated heterocycles. The first-order valence-corrected chi connectivity index (χ1v) is 8.56. The summed E-state index contributed by atoms with van der Waals surface area (Å²) in [6.07, 6.45) is 0. The molecule has 0 spiro atoms. The summed E-state index contributed by atoms with van der Waals surface area (Å²) in [7, 11) is -4.12. The largest absolute Gasteiger partial charge is 0.480 e. The molecule has 124 valence electrons. The predicted octanol–water partition coefficient (Wildman–Crippen LogP) is 3.48. The van der Waals surface area contributed by atoms with Gasteiger partial charge in [-0.15, -0.1) is 0 Å². The van der Waals surface area contributed by atoms with Crippen molar-refractivity contribution in [3.8, 4) is 0 Å². The number of rotatable bonds is 5. The normalized spacial score (nSPS) is 10.9. The van der Waals surface area contributed by atoms with Crippen molar-refractivity contribution in [2.45, 2.75) is 11.8 Å². The van der Waals surface area contributed by atoms with Crippen LogP contribution < -0.4 is 4.31 Å². The molecule has 0 atom stereocenters. The highest BCUT2D eigenvalue weighted by Gasteiger charge is 2.28. The van der Waals surface area contributed by atoms with Crippen LogP contribution in [0.15, 0.2) is 47.4 Å². The monoisotopic (exact) mass is 364 g/mol. The lowest BCUT2D eigenvalue weighted by atomic mass is 10.2. The van der Waals surface area contributed by atoms with Gasteiger partial charge in [0.05, 0.1) is 17.2 Å². The second-order valence-electron chi connectivity index (χ2n) is 4.90. The number of benzene rings is 2. The maximum Gasteiger partial charge on any atom is 0.324 e. The number of carboxylic acids is 1. The van der Waals surface area contributed by atoms with E-state index in [9.17, 15) is 13.2 Å². The number of sulfonamides is 1. The molecule has 0 amide bonds. The first kappa shape index (κ1) is 17.8. The fraction of sp³-hybridized carbons (Fsp3) is 0.125. The standard InChI is InChI=1S/C16H13ClN2O4S/c1-11-14(17)4-3-5-15(11)19(10-16(20)21)24(22,23)13-8-6-12(18-2)7-9-13/h3-9H,10H2,1H3,(H,20,21). The van der Waals surface area contributed by atoms with E-state index < -0.39 is 22.5 Å². The lowest BCUT2D eigenvalue weighted by Crippen LogP contribution is -2.36. The molecule has 0 unspecified atom stereocenters. The number of nitrogens with zero attached hydrogens (tertiary/aromatic N) is 2. The average Bonchev–Trinajstić information content (AvgIpc) is 2.55. The van der Waals surface area contributed by atoms with Crippen LogP contribution in [0.4, 0.5) is 11.4 Å². The maximum atomic E-state index is 12.9. The van der Waals surface area contributed by atoms with E-state index in [-0.39, 0.29) is 16.3 Å². The van der Waals surface area contributed by atoms with E-state index in [0.29, 0.717) is 10.6 Å². The molecular weight excluding hydrogens is 352 g/mol. The Kier molecular flexibility index (Phi) is 5.12. The summed E-state index contributed by atoms with van der Waals surface area (Å²) in [5.74, 6) is -1.30. The second-order valence-corrected chi connectivity index (χ2v) is 7.16. The summed E-state index contributed by atoms with van der Waals surface area (Å²) in [6, 6.07) is 9.92. The number of halogens is 1. The molecule has 2 aromatic carbocycles. The Morgan fingerprint density at radius 3 is 2.42 bits per heavy atom. The van der Waals surface area contributed by atoms with E-state index in [2.05, 4.69) is 4.85 Å². The molecule has 0 heterocycles. The summed E-state index contributed by atoms with van der Waals surface area (Å²) < 4.78 is 26.5. The minimum Gasteiger partial charge on any atom is -0.480 e. The second kappa shape index (κ2) is 6.91. The van der Waals surface area contributed by atoms with E-state index in [0.717, 1.165) is 4.31 Å². The maximum absolute atomic E-state index is 12.9. The number of anilines is 1. The van der Waals surface area contributed by atoms with Crippen LogP contribution in [0, 0.1) is 13.5 Å². The van der Waals surface area contributed by atoms with Gasteiger partial charge in [0.15, 0.2) is 5.69 Å². The molecule has 8 heteroatoms. The first-order valence-electron chi connectivity index (χ1n) is 6.74. The Morgan fingerprint density at radius 2 is 1.88 bits per heavy atom. The van der Waals surface area contributed by atoms with Gasteiger partial charge in [-0.3, -0.25) is 9.10 Å². The summed E-state index contributed by atoms with van der Waals surface area (Å²) >= 11 is 6.03. The van der Waals surface area contributed by atoms with Crippen molar-refractivity contribution in [3.05, 3.63) is 64.5 Å². The zero-order chi connectivity index (χ0) is 17.9. The molecule has 0 radical (unpaired) electrons. The quantitative estimate of drug-likeness (QED) is 0.824. The SMILES string of the molecule is [C-]#[N+]c1ccc(S(=O)(=O)N(CC(=O)O)c2cccc(Cl)c2C)cc1. The number of hydrogen-bond acceptors (Lipinski definition) is 3. The number of carbonyl (C=O) groups is 1. The van der Waals surface area contributed by atoms with Crippen LogP contribution in [0.25, 0.3) is 4.85 Å². The van der Waals surface area contributed by atoms with E-state index in [1.54, 1.807) is 19.1 Å². The molecule has 24 heavy (non-hydrogen) atoms. The zero-order valence-corrected chi connectivity index (χ0v) is 14.2. The summed E-state index contributed by atoms with van der Waals surface area (Å²) in [5.41, 5.74) is 0.943. The van der Waals surface area contributed by atoms with Crippen LogP contribution in [0.2, 0.25) is 5.02 Å². The molecule has 0 bridgehead atoms. The third-order valence-electron chi connectivity index (χ3n) is 3.34. The van der Waals surface area contributed by atoms with Crippen molar-refractivity contribution in [1.82, 2.24) is 0 Å². The van der Waals surface area contributed by atoms with Gasteiger partial charge < -0.3 is 5.11 Å². The Bertz CT molecular complexity index is 918. The van der Waals surface area contributed by atoms with Crippen LogP contribution >= 0.6 is 11.6 Å². The Hall–Kier alpha value is -2.56. The molecule has 0 saturated carbocycles. The van der Waals surface area contributed by atoms with Crippen LogP contribution in [0.5, 0.6) is 0 Å². The Morgan fingerprint density at radius 1 is 1.25 bits per heavy atom. The molecule has 0 aromatic heterocycles. The fourth-order valence-corrected chi connectivity index (χ4v) is 3.75. The minimum absolute atomic E-state index is 0.101. The third-order valence-corrected chi connectivity index (χ3v) is 5.52. The Labute approximate surface area is 144 Å². The van der Waals surface area contributed by atoms with Gasteiger partial charge in [0.1, 0.15) is 6.54 Å². The van der Waals surface area contributed by atoms with Crippen LogP contribution in [-0.2, 0) is 14.8 Å². The average molecular weight is 365 g/mol. The number of aliphatic carboxylic acids is 1. The van der Waals surface area contributed by atoms with E-state index in [1.807, 2.05) is 0 Å². The van der Waals surface area contributed by atoms with E-state index >= 15 is 0 Å². The minimum atomic E-state index is -4.12. The van der Waals surface area contributed by atoms with Crippen molar-refractivity contribution >= 4 is 39.0 Å². The van der Waals surface area contributed by atoms with Gasteiger partial charge in [0.2, 0.25) is 0 Å². The van der Waals surface area contributed by atoms with E-state index in [1.165, 1.54) is 30.3 Å². The zero-order valence-electron chi connectivity index (χ0n) is 12.6. The molecule has 0 aliphatic carbocycles. The topological polar surface area (TPSA) is 79.0 Å². The first-order chi connectivity index (χ1) is 11.3. The molecular formula is C16H13ClN2O4S. The Balaban J connectivity index is 2.60. The van der Waals surface area contributed by atoms with Gasteiger partial charge in [-0.1, -0.05) is 41.9 Å². The predicted molar refractivity (Wildman–Crippen MR) is 91.1 cm³/mol. The molecule has 0 aliphatic heterocycles. The molecule has 6 nitrogen and oxygen atoms in total. The van der Waals surface area contributed by atoms with Crippen LogP contribution in [-0.4, -0.2) is 26.0 Å². The number of hydrogen-bond donors (Lipinski definition) is 1. The molecule has 1 N–H and O–H groups in total. The fourth-order valence-electron chi connectivity index (χ4n) is 2.11. The van der Waals surface area contributed by atoms with Gasteiger partial charge >= 0.3 is 5.97 Å². The highest BCUT2D eigenvalue weighted by Crippen LogP contribution is 2.31. The highest BCUT2D eigenvalue weighted by atomic mass is 35.5. The van der Waals surface area contributed by atoms with Gasteiger partial charge in [0, 0.05) is 5.02 Å². The van der Waals surface area contributed by atoms with Crippen molar-refractivity contribution < 1.29 is 18.3 Å². The van der Waals surface area contributed by atoms with Crippen molar-refractivity contribution in [2.24, 2.45) is 0 Å². The summed E-state index contributed by atoms with van der Waals surface area (Å²) in [5, 5.41) is 9.45. The lowest BCUT2D eigenvalue weighted by molar-refractivity contribution is -0.135. The molecule has 0 aliphatic rings. The van der Waals surface area contributed by atoms with Crippen LogP contribution in [0.1, 0.15) is 5.56 Å². The molecule has 2 aromatic rings. The van der Waals surface area contributed by atoms with Gasteiger partial charge in [-0.05, 0) is 24.6 Å². The summed E-state index contributed by atoms with van der Waals surface area (Å²) in [6.45, 7) is 7.78. The van der Waals surface area contributed by atoms with Gasteiger partial charge in [0.25, 0.3) is 10.0 Å². The number of carboxylic acid groups (broad SMARTS) is 1. The van der Waals surface area contributed by atoms with Crippen molar-refractivity contribution in [1.29, 1.82) is 0 Å². The summed E-state index contributed by atoms with van der Waals surface area (Å²) in [4.78, 5) is 14.3. The van der Waals surface area contributed by atoms with Gasteiger partial charge in [-0.25, -0.2) is 13.3 Å². The molecule has 0 fully saturated rings.